The second kappa shape index (κ2) is 5.51. The van der Waals surface area contributed by atoms with Gasteiger partial charge in [0.2, 0.25) is 0 Å². The number of thiocarbonyl (C=S) groups is 1. The molecule has 0 amide bonds. The van der Waals surface area contributed by atoms with Crippen LogP contribution in [-0.4, -0.2) is 39.3 Å². The normalized spacial score (nSPS) is 25.9. The zero-order valence-electron chi connectivity index (χ0n) is 9.45. The van der Waals surface area contributed by atoms with E-state index in [1.807, 2.05) is 11.8 Å². The number of thioether (sulfide) groups is 1. The molecule has 0 aromatic heterocycles. The molecule has 15 heavy (non-hydrogen) atoms. The molecule has 1 saturated heterocycles. The van der Waals surface area contributed by atoms with Gasteiger partial charge in [-0.05, 0) is 19.4 Å². The highest BCUT2D eigenvalue weighted by Crippen LogP contribution is 2.28. The average Bonchev–Trinajstić information content (AvgIpc) is 2.31. The van der Waals surface area contributed by atoms with Crippen molar-refractivity contribution in [2.75, 3.05) is 19.1 Å². The quantitative estimate of drug-likeness (QED) is 0.689. The Morgan fingerprint density at radius 3 is 2.73 bits per heavy atom. The first-order chi connectivity index (χ1) is 7.31. The maximum atomic E-state index is 5.47. The third-order valence-electron chi connectivity index (χ3n) is 3.42. The van der Waals surface area contributed by atoms with Crippen molar-refractivity contribution >= 4 is 28.3 Å². The largest absolute Gasteiger partial charge is 0.341 e. The molecule has 86 valence electrons. The molecule has 4 heteroatoms. The Kier molecular flexibility index (Phi) is 4.29. The fraction of sp³-hybridized carbons (Fsp3) is 0.909. The van der Waals surface area contributed by atoms with Crippen molar-refractivity contribution in [2.45, 2.75) is 45.1 Å². The van der Waals surface area contributed by atoms with Crippen molar-refractivity contribution < 1.29 is 0 Å². The first-order valence-electron chi connectivity index (χ1n) is 5.97. The lowest BCUT2D eigenvalue weighted by Crippen LogP contribution is -2.49. The molecule has 1 heterocycles. The van der Waals surface area contributed by atoms with Gasteiger partial charge in [-0.15, -0.1) is 0 Å². The zero-order chi connectivity index (χ0) is 10.7. The summed E-state index contributed by atoms with van der Waals surface area (Å²) in [5.41, 5.74) is 0. The molecule has 1 aliphatic heterocycles. The van der Waals surface area contributed by atoms with Crippen molar-refractivity contribution in [2.24, 2.45) is 0 Å². The minimum absolute atomic E-state index is 0.730. The van der Waals surface area contributed by atoms with Crippen LogP contribution < -0.4 is 0 Å². The summed E-state index contributed by atoms with van der Waals surface area (Å²) in [7, 11) is 0. The van der Waals surface area contributed by atoms with Crippen LogP contribution in [0.1, 0.15) is 39.0 Å². The van der Waals surface area contributed by atoms with E-state index in [1.54, 1.807) is 0 Å². The van der Waals surface area contributed by atoms with Gasteiger partial charge in [-0.25, -0.2) is 0 Å². The van der Waals surface area contributed by atoms with Crippen molar-refractivity contribution in [3.05, 3.63) is 0 Å². The molecule has 0 radical (unpaired) electrons. The Bertz CT molecular complexity index is 227. The SMILES string of the molecule is CCN1CSC(=S)N(C2CCCCC2)C1. The first kappa shape index (κ1) is 11.7. The second-order valence-corrected chi connectivity index (χ2v) is 6.01. The van der Waals surface area contributed by atoms with E-state index in [-0.39, 0.29) is 0 Å². The van der Waals surface area contributed by atoms with Crippen LogP contribution in [0.5, 0.6) is 0 Å². The van der Waals surface area contributed by atoms with E-state index in [1.165, 1.54) is 32.1 Å². The second-order valence-electron chi connectivity index (χ2n) is 4.43. The molecule has 2 aliphatic rings. The molecule has 2 nitrogen and oxygen atoms in total. The Hall–Kier alpha value is 0.200. The first-order valence-corrected chi connectivity index (χ1v) is 7.36. The van der Waals surface area contributed by atoms with Gasteiger partial charge in [0, 0.05) is 6.04 Å². The third kappa shape index (κ3) is 2.86. The summed E-state index contributed by atoms with van der Waals surface area (Å²) in [6.45, 7) is 4.43. The summed E-state index contributed by atoms with van der Waals surface area (Å²) in [6, 6.07) is 0.730. The third-order valence-corrected chi connectivity index (χ3v) is 4.98. The van der Waals surface area contributed by atoms with Crippen LogP contribution >= 0.6 is 24.0 Å². The fourth-order valence-electron chi connectivity index (χ4n) is 2.39. The van der Waals surface area contributed by atoms with E-state index in [2.05, 4.69) is 16.7 Å². The van der Waals surface area contributed by atoms with E-state index >= 15 is 0 Å². The van der Waals surface area contributed by atoms with Crippen molar-refractivity contribution in [1.29, 1.82) is 0 Å². The number of hydrogen-bond acceptors (Lipinski definition) is 3. The number of nitrogens with zero attached hydrogens (tertiary/aromatic N) is 2. The minimum Gasteiger partial charge on any atom is -0.341 e. The zero-order valence-corrected chi connectivity index (χ0v) is 11.1. The van der Waals surface area contributed by atoms with Crippen LogP contribution in [0.2, 0.25) is 0 Å². The summed E-state index contributed by atoms with van der Waals surface area (Å²) in [4.78, 5) is 4.93. The molecule has 0 atom stereocenters. The predicted molar refractivity (Wildman–Crippen MR) is 71.0 cm³/mol. The maximum Gasteiger partial charge on any atom is 0.138 e. The predicted octanol–water partition coefficient (Wildman–Crippen LogP) is 2.89. The molecule has 0 aromatic carbocycles. The minimum atomic E-state index is 0.730. The summed E-state index contributed by atoms with van der Waals surface area (Å²) in [5.74, 6) is 1.08. The summed E-state index contributed by atoms with van der Waals surface area (Å²) >= 11 is 7.31. The van der Waals surface area contributed by atoms with E-state index in [0.29, 0.717) is 0 Å². The van der Waals surface area contributed by atoms with Gasteiger partial charge in [0.15, 0.2) is 0 Å². The monoisotopic (exact) mass is 244 g/mol. The van der Waals surface area contributed by atoms with Crippen molar-refractivity contribution in [1.82, 2.24) is 9.80 Å². The van der Waals surface area contributed by atoms with Crippen LogP contribution in [0.4, 0.5) is 0 Å². The molecule has 2 rings (SSSR count). The Morgan fingerprint density at radius 1 is 1.33 bits per heavy atom. The molecule has 0 bridgehead atoms. The molecule has 0 N–H and O–H groups in total. The lowest BCUT2D eigenvalue weighted by Gasteiger charge is -2.42. The lowest BCUT2D eigenvalue weighted by atomic mass is 9.95. The van der Waals surface area contributed by atoms with Gasteiger partial charge in [-0.2, -0.15) is 0 Å². The van der Waals surface area contributed by atoms with Gasteiger partial charge in [0.25, 0.3) is 0 Å². The van der Waals surface area contributed by atoms with Gasteiger partial charge in [0.1, 0.15) is 4.32 Å². The molecular formula is C11H20N2S2. The van der Waals surface area contributed by atoms with Gasteiger partial charge in [0.05, 0.1) is 12.5 Å². The van der Waals surface area contributed by atoms with Crippen LogP contribution in [0.25, 0.3) is 0 Å². The molecule has 0 unspecified atom stereocenters. The highest BCUT2D eigenvalue weighted by atomic mass is 32.2. The number of rotatable bonds is 2. The molecule has 1 saturated carbocycles. The van der Waals surface area contributed by atoms with Crippen LogP contribution in [0, 0.1) is 0 Å². The van der Waals surface area contributed by atoms with Crippen LogP contribution in [-0.2, 0) is 0 Å². The Labute approximate surface area is 102 Å². The van der Waals surface area contributed by atoms with E-state index in [4.69, 9.17) is 12.2 Å². The highest BCUT2D eigenvalue weighted by Gasteiger charge is 2.27. The van der Waals surface area contributed by atoms with E-state index in [0.717, 1.165) is 29.5 Å². The van der Waals surface area contributed by atoms with Gasteiger partial charge in [-0.3, -0.25) is 4.90 Å². The highest BCUT2D eigenvalue weighted by molar-refractivity contribution is 8.22. The maximum absolute atomic E-state index is 5.47. The molecular weight excluding hydrogens is 224 g/mol. The van der Waals surface area contributed by atoms with Crippen LogP contribution in [0.15, 0.2) is 0 Å². The van der Waals surface area contributed by atoms with E-state index in [9.17, 15) is 0 Å². The Balaban J connectivity index is 1.95. The fourth-order valence-corrected chi connectivity index (χ4v) is 3.69. The standard InChI is InChI=1S/C11H20N2S2/c1-2-12-8-13(11(14)15-9-12)10-6-4-3-5-7-10/h10H,2-9H2,1H3. The summed E-state index contributed by atoms with van der Waals surface area (Å²) in [5, 5.41) is 0. The lowest BCUT2D eigenvalue weighted by molar-refractivity contribution is 0.156. The smallest absolute Gasteiger partial charge is 0.138 e. The van der Waals surface area contributed by atoms with Gasteiger partial charge in [-0.1, -0.05) is 50.2 Å². The van der Waals surface area contributed by atoms with Gasteiger partial charge >= 0.3 is 0 Å². The molecule has 0 aromatic rings. The van der Waals surface area contributed by atoms with Crippen molar-refractivity contribution in [3.63, 3.8) is 0 Å². The summed E-state index contributed by atoms with van der Waals surface area (Å²) < 4.78 is 1.13. The van der Waals surface area contributed by atoms with Crippen LogP contribution in [0.3, 0.4) is 0 Å². The Morgan fingerprint density at radius 2 is 2.07 bits per heavy atom. The number of hydrogen-bond donors (Lipinski definition) is 0. The topological polar surface area (TPSA) is 6.48 Å². The molecule has 0 spiro atoms. The molecule has 2 fully saturated rings. The average molecular weight is 244 g/mol. The van der Waals surface area contributed by atoms with Gasteiger partial charge < -0.3 is 4.90 Å². The van der Waals surface area contributed by atoms with E-state index < -0.39 is 0 Å². The summed E-state index contributed by atoms with van der Waals surface area (Å²) in [6.07, 6.45) is 6.89. The van der Waals surface area contributed by atoms with Crippen molar-refractivity contribution in [3.8, 4) is 0 Å². The molecule has 1 aliphatic carbocycles.